The van der Waals surface area contributed by atoms with Gasteiger partial charge in [0.25, 0.3) is 5.91 Å². The third kappa shape index (κ3) is 4.05. The van der Waals surface area contributed by atoms with E-state index in [0.717, 1.165) is 12.8 Å². The van der Waals surface area contributed by atoms with Crippen LogP contribution in [0.5, 0.6) is 5.75 Å². The number of nitrogens with zero attached hydrogens (tertiary/aromatic N) is 4. The van der Waals surface area contributed by atoms with Crippen LogP contribution in [0.25, 0.3) is 21.9 Å². The summed E-state index contributed by atoms with van der Waals surface area (Å²) in [5.41, 5.74) is 7.03. The molecule has 0 radical (unpaired) electrons. The molecular weight excluding hydrogens is 433 g/mol. The Morgan fingerprint density at radius 3 is 2.69 bits per heavy atom. The maximum absolute atomic E-state index is 14.4. The molecule has 2 heterocycles. The lowest BCUT2D eigenvalue weighted by Gasteiger charge is -2.30. The molecule has 9 heteroatoms. The van der Waals surface area contributed by atoms with Gasteiger partial charge in [-0.05, 0) is 43.2 Å². The van der Waals surface area contributed by atoms with Gasteiger partial charge in [-0.1, -0.05) is 23.7 Å². The van der Waals surface area contributed by atoms with Crippen molar-refractivity contribution in [3.8, 4) is 22.8 Å². The Balaban J connectivity index is 1.85. The zero-order valence-electron chi connectivity index (χ0n) is 17.4. The number of likely N-dealkylation sites (tertiary alicyclic amines) is 1. The van der Waals surface area contributed by atoms with E-state index >= 15 is 0 Å². The summed E-state index contributed by atoms with van der Waals surface area (Å²) in [4.78, 5) is 22.6. The van der Waals surface area contributed by atoms with Crippen molar-refractivity contribution < 1.29 is 13.9 Å². The molecule has 2 N–H and O–H groups in total. The lowest BCUT2D eigenvalue weighted by Crippen LogP contribution is -2.45. The number of ether oxygens (including phenoxy) is 1. The van der Waals surface area contributed by atoms with E-state index in [2.05, 4.69) is 9.83 Å². The van der Waals surface area contributed by atoms with E-state index in [9.17, 15) is 9.18 Å². The number of halogens is 2. The Labute approximate surface area is 190 Å². The Kier molecular flexibility index (Phi) is 6.12. The number of methoxy groups -OCH3 is 1. The van der Waals surface area contributed by atoms with Gasteiger partial charge in [0.1, 0.15) is 22.5 Å². The van der Waals surface area contributed by atoms with Gasteiger partial charge >= 0.3 is 0 Å². The number of aromatic nitrogens is 2. The first kappa shape index (κ1) is 21.8. The first-order valence-corrected chi connectivity index (χ1v) is 10.5. The molecule has 4 rings (SSSR count). The smallest absolute Gasteiger partial charge is 0.275 e. The average Bonchev–Trinajstić information content (AvgIpc) is 3.15. The van der Waals surface area contributed by atoms with E-state index in [0.29, 0.717) is 35.9 Å². The molecule has 0 unspecified atom stereocenters. The molecule has 1 aliphatic rings. The van der Waals surface area contributed by atoms with Gasteiger partial charge in [0.2, 0.25) is 5.69 Å². The molecule has 1 fully saturated rings. The highest BCUT2D eigenvalue weighted by Crippen LogP contribution is 2.33. The fraction of sp³-hybridized carbons (Fsp3) is 0.261. The number of carbonyl (C=O) groups excluding carboxylic acids is 1. The standard InChI is InChI=1S/C23H21ClFN5O2/c1-27-19-10-5-14(12-18(19)25)22-28-20(23(31)29-11-3-4-15(26)13-29)21(24)30(22)16-6-8-17(32-2)9-7-16/h5-10,12,15H,3-4,11,13,26H2,2H3/t15-/m1/s1. The quantitative estimate of drug-likeness (QED) is 0.592. The van der Waals surface area contributed by atoms with Crippen LogP contribution < -0.4 is 10.5 Å². The number of hydrogen-bond donors (Lipinski definition) is 1. The lowest BCUT2D eigenvalue weighted by atomic mass is 10.1. The summed E-state index contributed by atoms with van der Waals surface area (Å²) in [7, 11) is 1.56. The molecule has 1 saturated heterocycles. The van der Waals surface area contributed by atoms with Gasteiger partial charge in [-0.3, -0.25) is 9.36 Å². The number of amides is 1. The van der Waals surface area contributed by atoms with Crippen LogP contribution in [0.15, 0.2) is 42.5 Å². The van der Waals surface area contributed by atoms with Gasteiger partial charge in [-0.15, -0.1) is 0 Å². The summed E-state index contributed by atoms with van der Waals surface area (Å²) in [5.74, 6) is -0.0532. The summed E-state index contributed by atoms with van der Waals surface area (Å²) in [6.45, 7) is 8.07. The van der Waals surface area contributed by atoms with E-state index < -0.39 is 5.82 Å². The van der Waals surface area contributed by atoms with Crippen LogP contribution in [0.4, 0.5) is 10.1 Å². The largest absolute Gasteiger partial charge is 0.497 e. The maximum Gasteiger partial charge on any atom is 0.275 e. The van der Waals surface area contributed by atoms with E-state index in [1.54, 1.807) is 46.9 Å². The minimum Gasteiger partial charge on any atom is -0.497 e. The van der Waals surface area contributed by atoms with E-state index in [-0.39, 0.29) is 28.5 Å². The van der Waals surface area contributed by atoms with Crippen molar-refractivity contribution in [3.05, 3.63) is 70.5 Å². The predicted octanol–water partition coefficient (Wildman–Crippen LogP) is 4.45. The molecule has 0 spiro atoms. The maximum atomic E-state index is 14.4. The third-order valence-electron chi connectivity index (χ3n) is 5.43. The van der Waals surface area contributed by atoms with Crippen LogP contribution in [-0.2, 0) is 0 Å². The van der Waals surface area contributed by atoms with Crippen LogP contribution in [0.3, 0.4) is 0 Å². The number of nitrogens with two attached hydrogens (primary N) is 1. The molecule has 0 saturated carbocycles. The predicted molar refractivity (Wildman–Crippen MR) is 120 cm³/mol. The third-order valence-corrected chi connectivity index (χ3v) is 5.77. The summed E-state index contributed by atoms with van der Waals surface area (Å²) >= 11 is 6.68. The normalized spacial score (nSPS) is 16.0. The van der Waals surface area contributed by atoms with Crippen molar-refractivity contribution in [2.45, 2.75) is 18.9 Å². The fourth-order valence-corrected chi connectivity index (χ4v) is 4.08. The second-order valence-corrected chi connectivity index (χ2v) is 7.90. The van der Waals surface area contributed by atoms with Crippen LogP contribution in [0.1, 0.15) is 23.3 Å². The Morgan fingerprint density at radius 2 is 2.06 bits per heavy atom. The number of imidazole rings is 1. The fourth-order valence-electron chi connectivity index (χ4n) is 3.78. The molecule has 2 aromatic carbocycles. The van der Waals surface area contributed by atoms with E-state index in [1.165, 1.54) is 12.1 Å². The summed E-state index contributed by atoms with van der Waals surface area (Å²) in [6, 6.07) is 11.1. The molecule has 0 aliphatic carbocycles. The Bertz CT molecular complexity index is 1200. The topological polar surface area (TPSA) is 77.7 Å². The average molecular weight is 454 g/mol. The zero-order chi connectivity index (χ0) is 22.8. The van der Waals surface area contributed by atoms with Gasteiger partial charge in [0.05, 0.1) is 13.7 Å². The minimum absolute atomic E-state index is 0.0706. The van der Waals surface area contributed by atoms with Crippen molar-refractivity contribution >= 4 is 23.2 Å². The van der Waals surface area contributed by atoms with Crippen molar-refractivity contribution in [3.63, 3.8) is 0 Å². The number of carbonyl (C=O) groups is 1. The van der Waals surface area contributed by atoms with Gasteiger partial charge < -0.3 is 15.4 Å². The SMILES string of the molecule is [C-]#[N+]c1ccc(-c2nc(C(=O)N3CCC[C@@H](N)C3)c(Cl)n2-c2ccc(OC)cc2)cc1F. The first-order chi connectivity index (χ1) is 15.4. The van der Waals surface area contributed by atoms with Crippen LogP contribution >= 0.6 is 11.6 Å². The molecule has 1 amide bonds. The summed E-state index contributed by atoms with van der Waals surface area (Å²) in [5, 5.41) is 0.115. The second-order valence-electron chi connectivity index (χ2n) is 7.54. The number of piperidine rings is 1. The summed E-state index contributed by atoms with van der Waals surface area (Å²) < 4.78 is 21.2. The van der Waals surface area contributed by atoms with Gasteiger partial charge in [-0.2, -0.15) is 0 Å². The van der Waals surface area contributed by atoms with Crippen LogP contribution in [-0.4, -0.2) is 46.6 Å². The molecule has 1 aromatic heterocycles. The molecule has 0 bridgehead atoms. The van der Waals surface area contributed by atoms with Crippen molar-refractivity contribution in [1.82, 2.24) is 14.5 Å². The lowest BCUT2D eigenvalue weighted by molar-refractivity contribution is 0.0703. The molecule has 1 aliphatic heterocycles. The van der Waals surface area contributed by atoms with Crippen molar-refractivity contribution in [2.75, 3.05) is 20.2 Å². The molecule has 3 aromatic rings. The van der Waals surface area contributed by atoms with Gasteiger partial charge in [0, 0.05) is 30.4 Å². The minimum atomic E-state index is -0.673. The van der Waals surface area contributed by atoms with Crippen LogP contribution in [0.2, 0.25) is 5.15 Å². The number of benzene rings is 2. The monoisotopic (exact) mass is 453 g/mol. The van der Waals surface area contributed by atoms with Crippen molar-refractivity contribution in [1.29, 1.82) is 0 Å². The molecule has 164 valence electrons. The highest BCUT2D eigenvalue weighted by Gasteiger charge is 2.29. The Morgan fingerprint density at radius 1 is 1.31 bits per heavy atom. The van der Waals surface area contributed by atoms with Crippen molar-refractivity contribution in [2.24, 2.45) is 5.73 Å². The number of hydrogen-bond acceptors (Lipinski definition) is 4. The highest BCUT2D eigenvalue weighted by molar-refractivity contribution is 6.33. The first-order valence-electron chi connectivity index (χ1n) is 10.1. The highest BCUT2D eigenvalue weighted by atomic mass is 35.5. The van der Waals surface area contributed by atoms with Gasteiger partial charge in [-0.25, -0.2) is 14.2 Å². The second kappa shape index (κ2) is 8.99. The molecule has 1 atom stereocenters. The zero-order valence-corrected chi connectivity index (χ0v) is 18.1. The Hall–Kier alpha value is -3.41. The summed E-state index contributed by atoms with van der Waals surface area (Å²) in [6.07, 6.45) is 1.66. The van der Waals surface area contributed by atoms with E-state index in [1.807, 2.05) is 0 Å². The molecule has 32 heavy (non-hydrogen) atoms. The van der Waals surface area contributed by atoms with E-state index in [4.69, 9.17) is 28.6 Å². The van der Waals surface area contributed by atoms with Gasteiger partial charge in [0.15, 0.2) is 5.69 Å². The molecular formula is C23H21ClFN5O2. The molecule has 7 nitrogen and oxygen atoms in total. The number of rotatable bonds is 4. The van der Waals surface area contributed by atoms with Crippen LogP contribution in [0, 0.1) is 12.4 Å².